The van der Waals surface area contributed by atoms with E-state index >= 15 is 0 Å². The Kier molecular flexibility index (Phi) is 35.9. The standard InChI is InChI=1S/C49H85NO8/c1-3-5-7-9-11-13-15-17-19-21-23-24-26-28-30-32-34-36-38-43(52)42(41-57-49-48(56)47(55)46(54)44(40-51)58-49)50-45(53)39-37-35-33-31-29-27-25-22-20-18-16-14-12-10-8-6-4-2/h6,8,12,14,18,20,25,27,31,33,36,38,42-44,46-49,51-52,54-56H,3-5,7,9-11,13,15-17,19,21-24,26,28-30,32,34-35,37,39-41H2,1-2H3,(H,50,53)/b8-6-,14-12-,20-18-,27-25-,33-31-,38-36+. The number of hydrogen-bond acceptors (Lipinski definition) is 8. The molecule has 58 heavy (non-hydrogen) atoms. The summed E-state index contributed by atoms with van der Waals surface area (Å²) in [6.45, 7) is 3.61. The predicted molar refractivity (Wildman–Crippen MR) is 239 cm³/mol. The average molecular weight is 816 g/mol. The zero-order valence-corrected chi connectivity index (χ0v) is 36.5. The second-order valence-corrected chi connectivity index (χ2v) is 15.8. The molecule has 9 heteroatoms. The van der Waals surface area contributed by atoms with E-state index in [2.05, 4.69) is 79.9 Å². The van der Waals surface area contributed by atoms with E-state index in [9.17, 15) is 30.3 Å². The summed E-state index contributed by atoms with van der Waals surface area (Å²) in [6.07, 6.45) is 45.2. The molecule has 1 heterocycles. The number of aliphatic hydroxyl groups excluding tert-OH is 5. The lowest BCUT2D eigenvalue weighted by Gasteiger charge is -2.40. The first-order valence-corrected chi connectivity index (χ1v) is 23.2. The Morgan fingerprint density at radius 1 is 0.603 bits per heavy atom. The predicted octanol–water partition coefficient (Wildman–Crippen LogP) is 9.78. The molecule has 7 atom stereocenters. The minimum absolute atomic E-state index is 0.215. The lowest BCUT2D eigenvalue weighted by molar-refractivity contribution is -0.302. The first-order chi connectivity index (χ1) is 28.3. The fraction of sp³-hybridized carbons (Fsp3) is 0.735. The lowest BCUT2D eigenvalue weighted by atomic mass is 9.99. The third-order valence-electron chi connectivity index (χ3n) is 10.5. The molecule has 0 spiro atoms. The van der Waals surface area contributed by atoms with Gasteiger partial charge in [0.1, 0.15) is 24.4 Å². The Labute approximate surface area is 353 Å². The van der Waals surface area contributed by atoms with Gasteiger partial charge in [0.2, 0.25) is 5.91 Å². The van der Waals surface area contributed by atoms with Crippen LogP contribution in [0.4, 0.5) is 0 Å². The van der Waals surface area contributed by atoms with Crippen LogP contribution < -0.4 is 5.32 Å². The number of amides is 1. The number of unbranched alkanes of at least 4 members (excludes halogenated alkanes) is 17. The molecule has 0 aliphatic carbocycles. The summed E-state index contributed by atoms with van der Waals surface area (Å²) in [5.41, 5.74) is 0. The van der Waals surface area contributed by atoms with Crippen LogP contribution in [0.5, 0.6) is 0 Å². The van der Waals surface area contributed by atoms with Crippen LogP contribution in [-0.2, 0) is 14.3 Å². The molecule has 0 radical (unpaired) electrons. The highest BCUT2D eigenvalue weighted by Gasteiger charge is 2.44. The van der Waals surface area contributed by atoms with Gasteiger partial charge in [0, 0.05) is 6.42 Å². The van der Waals surface area contributed by atoms with Crippen LogP contribution in [0, 0.1) is 0 Å². The third kappa shape index (κ3) is 29.0. The monoisotopic (exact) mass is 816 g/mol. The van der Waals surface area contributed by atoms with Crippen molar-refractivity contribution in [1.82, 2.24) is 5.32 Å². The van der Waals surface area contributed by atoms with Gasteiger partial charge in [0.15, 0.2) is 6.29 Å². The first-order valence-electron chi connectivity index (χ1n) is 23.2. The SMILES string of the molecule is CC/C=C\C/C=C\C/C=C\C/C=C\C/C=C\CCCC(=O)NC(COC1OC(CO)C(O)C(O)C1O)C(O)/C=C/CCCCCCCCCCCCCCCCCC. The zero-order valence-electron chi connectivity index (χ0n) is 36.5. The number of allylic oxidation sites excluding steroid dienone is 11. The van der Waals surface area contributed by atoms with E-state index in [0.717, 1.165) is 57.8 Å². The highest BCUT2D eigenvalue weighted by molar-refractivity contribution is 5.76. The normalized spacial score (nSPS) is 21.5. The maximum atomic E-state index is 12.9. The molecule has 0 aromatic rings. The van der Waals surface area contributed by atoms with Gasteiger partial charge in [-0.2, -0.15) is 0 Å². The van der Waals surface area contributed by atoms with E-state index in [-0.39, 0.29) is 18.9 Å². The number of nitrogens with one attached hydrogen (secondary N) is 1. The molecule has 6 N–H and O–H groups in total. The summed E-state index contributed by atoms with van der Waals surface area (Å²) in [4.78, 5) is 12.9. The van der Waals surface area contributed by atoms with E-state index in [1.54, 1.807) is 6.08 Å². The van der Waals surface area contributed by atoms with Crippen LogP contribution in [0.2, 0.25) is 0 Å². The number of hydrogen-bond donors (Lipinski definition) is 6. The summed E-state index contributed by atoms with van der Waals surface area (Å²) in [5.74, 6) is -0.236. The van der Waals surface area contributed by atoms with Gasteiger partial charge in [-0.05, 0) is 57.8 Å². The number of rotatable bonds is 37. The average Bonchev–Trinajstić information content (AvgIpc) is 3.22. The highest BCUT2D eigenvalue weighted by atomic mass is 16.7. The number of ether oxygens (including phenoxy) is 2. The summed E-state index contributed by atoms with van der Waals surface area (Å²) in [6, 6.07) is -0.837. The zero-order chi connectivity index (χ0) is 42.3. The Hall–Kier alpha value is -2.37. The molecule has 9 nitrogen and oxygen atoms in total. The van der Waals surface area contributed by atoms with Gasteiger partial charge < -0.3 is 40.3 Å². The quantitative estimate of drug-likeness (QED) is 0.0268. The van der Waals surface area contributed by atoms with Crippen LogP contribution in [0.3, 0.4) is 0 Å². The van der Waals surface area contributed by atoms with E-state index in [0.29, 0.717) is 6.42 Å². The molecule has 0 aromatic carbocycles. The van der Waals surface area contributed by atoms with Crippen LogP contribution in [0.1, 0.15) is 174 Å². The molecule has 7 unspecified atom stereocenters. The second kappa shape index (κ2) is 38.8. The van der Waals surface area contributed by atoms with Crippen molar-refractivity contribution in [1.29, 1.82) is 0 Å². The number of aliphatic hydroxyl groups is 5. The third-order valence-corrected chi connectivity index (χ3v) is 10.5. The Morgan fingerprint density at radius 2 is 1.07 bits per heavy atom. The van der Waals surface area contributed by atoms with E-state index in [4.69, 9.17) is 9.47 Å². The van der Waals surface area contributed by atoms with Crippen LogP contribution >= 0.6 is 0 Å². The van der Waals surface area contributed by atoms with Crippen molar-refractivity contribution in [3.05, 3.63) is 72.9 Å². The van der Waals surface area contributed by atoms with Crippen molar-refractivity contribution in [3.63, 3.8) is 0 Å². The fourth-order valence-corrected chi connectivity index (χ4v) is 6.84. The molecule has 1 aliphatic rings. The van der Waals surface area contributed by atoms with Gasteiger partial charge in [0.25, 0.3) is 0 Å². The number of carbonyl (C=O) groups excluding carboxylic acids is 1. The summed E-state index contributed by atoms with van der Waals surface area (Å²) >= 11 is 0. The maximum Gasteiger partial charge on any atom is 0.220 e. The van der Waals surface area contributed by atoms with Crippen LogP contribution in [0.15, 0.2) is 72.9 Å². The molecule has 1 saturated heterocycles. The van der Waals surface area contributed by atoms with Crippen LogP contribution in [0.25, 0.3) is 0 Å². The lowest BCUT2D eigenvalue weighted by Crippen LogP contribution is -2.60. The molecule has 1 amide bonds. The van der Waals surface area contributed by atoms with E-state index in [1.165, 1.54) is 89.9 Å². The van der Waals surface area contributed by atoms with Gasteiger partial charge >= 0.3 is 0 Å². The summed E-state index contributed by atoms with van der Waals surface area (Å²) < 4.78 is 11.2. The van der Waals surface area contributed by atoms with Gasteiger partial charge in [-0.15, -0.1) is 0 Å². The molecule has 1 fully saturated rings. The van der Waals surface area contributed by atoms with Gasteiger partial charge in [-0.25, -0.2) is 0 Å². The second-order valence-electron chi connectivity index (χ2n) is 15.8. The van der Waals surface area contributed by atoms with E-state index < -0.39 is 49.5 Å². The van der Waals surface area contributed by atoms with Crippen molar-refractivity contribution in [2.75, 3.05) is 13.2 Å². The minimum Gasteiger partial charge on any atom is -0.394 e. The largest absolute Gasteiger partial charge is 0.394 e. The Morgan fingerprint density at radius 3 is 1.57 bits per heavy atom. The molecule has 0 saturated carbocycles. The smallest absolute Gasteiger partial charge is 0.220 e. The topological polar surface area (TPSA) is 149 Å². The van der Waals surface area contributed by atoms with Crippen molar-refractivity contribution in [2.45, 2.75) is 217 Å². The van der Waals surface area contributed by atoms with Crippen LogP contribution in [-0.4, -0.2) is 87.5 Å². The van der Waals surface area contributed by atoms with E-state index in [1.807, 2.05) is 6.08 Å². The van der Waals surface area contributed by atoms with Gasteiger partial charge in [-0.1, -0.05) is 183 Å². The van der Waals surface area contributed by atoms with Gasteiger partial charge in [-0.3, -0.25) is 4.79 Å². The van der Waals surface area contributed by atoms with Crippen molar-refractivity contribution < 1.29 is 39.8 Å². The molecule has 0 aromatic heterocycles. The first kappa shape index (κ1) is 53.6. The fourth-order valence-electron chi connectivity index (χ4n) is 6.84. The highest BCUT2D eigenvalue weighted by Crippen LogP contribution is 2.22. The van der Waals surface area contributed by atoms with Gasteiger partial charge in [0.05, 0.1) is 25.4 Å². The Balaban J connectivity index is 2.41. The maximum absolute atomic E-state index is 12.9. The summed E-state index contributed by atoms with van der Waals surface area (Å²) in [5, 5.41) is 54.2. The minimum atomic E-state index is -1.58. The Bertz CT molecular complexity index is 1130. The number of carbonyl (C=O) groups is 1. The summed E-state index contributed by atoms with van der Waals surface area (Å²) in [7, 11) is 0. The van der Waals surface area contributed by atoms with Crippen molar-refractivity contribution in [3.8, 4) is 0 Å². The molecular formula is C49H85NO8. The molecular weight excluding hydrogens is 731 g/mol. The molecule has 1 aliphatic heterocycles. The van der Waals surface area contributed by atoms with Crippen molar-refractivity contribution >= 4 is 5.91 Å². The molecule has 0 bridgehead atoms. The molecule has 334 valence electrons. The molecule has 1 rings (SSSR count). The van der Waals surface area contributed by atoms with Crippen molar-refractivity contribution in [2.24, 2.45) is 0 Å².